The fourth-order valence-electron chi connectivity index (χ4n) is 4.60. The molecule has 0 aromatic heterocycles. The Balaban J connectivity index is 1.35. The first-order valence-corrected chi connectivity index (χ1v) is 13.5. The maximum atomic E-state index is 2.44. The van der Waals surface area contributed by atoms with E-state index in [4.69, 9.17) is 0 Å². The van der Waals surface area contributed by atoms with Crippen LogP contribution < -0.4 is 0 Å². The molecule has 0 heterocycles. The molecule has 2 aromatic carbocycles. The zero-order valence-electron chi connectivity index (χ0n) is 20.4. The molecule has 172 valence electrons. The second-order valence-electron chi connectivity index (χ2n) is 9.39. The molecule has 0 nitrogen and oxygen atoms in total. The van der Waals surface area contributed by atoms with Crippen molar-refractivity contribution in [3.8, 4) is 0 Å². The van der Waals surface area contributed by atoms with Gasteiger partial charge in [-0.05, 0) is 54.9 Å². The Hall–Kier alpha value is -1.56. The molecule has 0 aliphatic heterocycles. The number of allylic oxidation sites excluding steroid dienone is 2. The summed E-state index contributed by atoms with van der Waals surface area (Å²) >= 11 is 0. The van der Waals surface area contributed by atoms with Gasteiger partial charge in [0.1, 0.15) is 0 Å². The van der Waals surface area contributed by atoms with E-state index in [0.717, 1.165) is 0 Å². The zero-order chi connectivity index (χ0) is 21.8. The van der Waals surface area contributed by atoms with Gasteiger partial charge in [-0.1, -0.05) is 139 Å². The van der Waals surface area contributed by atoms with Crippen molar-refractivity contribution in [3.63, 3.8) is 0 Å². The minimum atomic E-state index is 1.22. The SMILES string of the molecule is CCCCCCCCCCCC/C=C/CCCCCCCc1cccc2ccccc12. The standard InChI is InChI=1S/C31H48/c1-2-3-4-5-6-7-8-9-10-11-12-13-14-15-16-17-18-19-20-24-29-26-23-27-30-25-21-22-28-31(29)30/h13-14,21-23,25-28H,2-12,15-20,24H2,1H3/b14-13+. The number of hydrogen-bond acceptors (Lipinski definition) is 0. The number of unbranched alkanes of at least 4 members (excludes halogenated alkanes) is 15. The van der Waals surface area contributed by atoms with Gasteiger partial charge < -0.3 is 0 Å². The lowest BCUT2D eigenvalue weighted by molar-refractivity contribution is 0.557. The molecule has 0 atom stereocenters. The van der Waals surface area contributed by atoms with Gasteiger partial charge in [0.15, 0.2) is 0 Å². The molecule has 0 unspecified atom stereocenters. The average molecular weight is 421 g/mol. The van der Waals surface area contributed by atoms with E-state index in [1.165, 1.54) is 132 Å². The molecule has 0 N–H and O–H groups in total. The van der Waals surface area contributed by atoms with Crippen LogP contribution in [0.5, 0.6) is 0 Å². The molecule has 0 amide bonds. The second-order valence-corrected chi connectivity index (χ2v) is 9.39. The minimum Gasteiger partial charge on any atom is -0.0885 e. The van der Waals surface area contributed by atoms with Crippen molar-refractivity contribution in [2.45, 2.75) is 122 Å². The minimum absolute atomic E-state index is 1.22. The van der Waals surface area contributed by atoms with Crippen LogP contribution in [0.3, 0.4) is 0 Å². The summed E-state index contributed by atoms with van der Waals surface area (Å²) in [6.45, 7) is 2.30. The predicted molar refractivity (Wildman–Crippen MR) is 141 cm³/mol. The molecule has 31 heavy (non-hydrogen) atoms. The van der Waals surface area contributed by atoms with Crippen molar-refractivity contribution in [2.24, 2.45) is 0 Å². The smallest absolute Gasteiger partial charge is 0.0152 e. The quantitative estimate of drug-likeness (QED) is 0.156. The molecule has 0 radical (unpaired) electrons. The van der Waals surface area contributed by atoms with E-state index in [-0.39, 0.29) is 0 Å². The third kappa shape index (κ3) is 12.2. The van der Waals surface area contributed by atoms with E-state index in [1.807, 2.05) is 0 Å². The Morgan fingerprint density at radius 2 is 1.03 bits per heavy atom. The molecule has 0 aliphatic rings. The molecule has 0 spiro atoms. The first-order chi connectivity index (χ1) is 15.4. The molecule has 2 aromatic rings. The van der Waals surface area contributed by atoms with Crippen molar-refractivity contribution in [1.82, 2.24) is 0 Å². The van der Waals surface area contributed by atoms with E-state index in [9.17, 15) is 0 Å². The van der Waals surface area contributed by atoms with Crippen molar-refractivity contribution < 1.29 is 0 Å². The summed E-state index contributed by atoms with van der Waals surface area (Å²) in [6.07, 6.45) is 29.8. The summed E-state index contributed by atoms with van der Waals surface area (Å²) in [5, 5.41) is 2.82. The highest BCUT2D eigenvalue weighted by molar-refractivity contribution is 5.85. The van der Waals surface area contributed by atoms with Crippen LogP contribution in [0.15, 0.2) is 54.6 Å². The Bertz CT molecular complexity index is 691. The third-order valence-electron chi connectivity index (χ3n) is 6.59. The van der Waals surface area contributed by atoms with E-state index < -0.39 is 0 Å². The van der Waals surface area contributed by atoms with Crippen LogP contribution in [-0.4, -0.2) is 0 Å². The number of fused-ring (bicyclic) bond motifs is 1. The number of aryl methyl sites for hydroxylation is 1. The van der Waals surface area contributed by atoms with Crippen LogP contribution >= 0.6 is 0 Å². The summed E-state index contributed by atoms with van der Waals surface area (Å²) in [7, 11) is 0. The van der Waals surface area contributed by atoms with Gasteiger partial charge in [0, 0.05) is 0 Å². The molecule has 0 saturated heterocycles. The van der Waals surface area contributed by atoms with E-state index >= 15 is 0 Å². The van der Waals surface area contributed by atoms with E-state index in [1.54, 1.807) is 0 Å². The number of benzene rings is 2. The van der Waals surface area contributed by atoms with Crippen molar-refractivity contribution in [1.29, 1.82) is 0 Å². The number of hydrogen-bond donors (Lipinski definition) is 0. The average Bonchev–Trinajstić information content (AvgIpc) is 2.80. The highest BCUT2D eigenvalue weighted by atomic mass is 14.0. The molecule has 0 bridgehead atoms. The Morgan fingerprint density at radius 1 is 0.516 bits per heavy atom. The molecule has 0 saturated carbocycles. The monoisotopic (exact) mass is 420 g/mol. The van der Waals surface area contributed by atoms with Gasteiger partial charge in [0.2, 0.25) is 0 Å². The van der Waals surface area contributed by atoms with Gasteiger partial charge in [-0.3, -0.25) is 0 Å². The largest absolute Gasteiger partial charge is 0.0885 e. The molecular weight excluding hydrogens is 372 g/mol. The highest BCUT2D eigenvalue weighted by Crippen LogP contribution is 2.20. The summed E-state index contributed by atoms with van der Waals surface area (Å²) in [4.78, 5) is 0. The van der Waals surface area contributed by atoms with Gasteiger partial charge in [-0.2, -0.15) is 0 Å². The topological polar surface area (TPSA) is 0 Å². The first kappa shape index (κ1) is 25.7. The third-order valence-corrected chi connectivity index (χ3v) is 6.59. The lowest BCUT2D eigenvalue weighted by Gasteiger charge is -2.06. The fraction of sp³-hybridized carbons (Fsp3) is 0.613. The Kier molecular flexibility index (Phi) is 15.0. The second kappa shape index (κ2) is 18.1. The number of rotatable bonds is 19. The van der Waals surface area contributed by atoms with Gasteiger partial charge in [-0.15, -0.1) is 0 Å². The van der Waals surface area contributed by atoms with Gasteiger partial charge >= 0.3 is 0 Å². The fourth-order valence-corrected chi connectivity index (χ4v) is 4.60. The highest BCUT2D eigenvalue weighted by Gasteiger charge is 2.00. The van der Waals surface area contributed by atoms with Gasteiger partial charge in [-0.25, -0.2) is 0 Å². The normalized spacial score (nSPS) is 11.6. The van der Waals surface area contributed by atoms with Gasteiger partial charge in [0.25, 0.3) is 0 Å². The van der Waals surface area contributed by atoms with Crippen LogP contribution in [0.4, 0.5) is 0 Å². The maximum Gasteiger partial charge on any atom is -0.0152 e. The first-order valence-electron chi connectivity index (χ1n) is 13.5. The Morgan fingerprint density at radius 3 is 1.68 bits per heavy atom. The molecule has 0 aliphatic carbocycles. The van der Waals surface area contributed by atoms with Crippen LogP contribution in [0.2, 0.25) is 0 Å². The molecular formula is C31H48. The van der Waals surface area contributed by atoms with Crippen molar-refractivity contribution in [3.05, 3.63) is 60.2 Å². The van der Waals surface area contributed by atoms with E-state index in [0.29, 0.717) is 0 Å². The summed E-state index contributed by atoms with van der Waals surface area (Å²) in [5.74, 6) is 0. The summed E-state index contributed by atoms with van der Waals surface area (Å²) in [5.41, 5.74) is 1.52. The van der Waals surface area contributed by atoms with Crippen molar-refractivity contribution in [2.75, 3.05) is 0 Å². The predicted octanol–water partition coefficient (Wildman–Crippen LogP) is 10.6. The summed E-state index contributed by atoms with van der Waals surface area (Å²) < 4.78 is 0. The lowest BCUT2D eigenvalue weighted by atomic mass is 9.99. The lowest BCUT2D eigenvalue weighted by Crippen LogP contribution is -1.88. The van der Waals surface area contributed by atoms with E-state index in [2.05, 4.69) is 61.5 Å². The van der Waals surface area contributed by atoms with Crippen LogP contribution in [0.1, 0.15) is 122 Å². The van der Waals surface area contributed by atoms with Crippen LogP contribution in [0, 0.1) is 0 Å². The molecule has 0 heteroatoms. The summed E-state index contributed by atoms with van der Waals surface area (Å²) in [6, 6.07) is 15.5. The zero-order valence-corrected chi connectivity index (χ0v) is 20.4. The molecule has 2 rings (SSSR count). The maximum absolute atomic E-state index is 2.44. The van der Waals surface area contributed by atoms with Crippen LogP contribution in [-0.2, 0) is 6.42 Å². The van der Waals surface area contributed by atoms with Crippen LogP contribution in [0.25, 0.3) is 10.8 Å². The van der Waals surface area contributed by atoms with Crippen molar-refractivity contribution >= 4 is 10.8 Å². The molecule has 0 fully saturated rings. The van der Waals surface area contributed by atoms with Gasteiger partial charge in [0.05, 0.1) is 0 Å². The Labute approximate surface area is 193 Å².